The summed E-state index contributed by atoms with van der Waals surface area (Å²) >= 11 is 1.62. The molecule has 0 bridgehead atoms. The molecule has 0 saturated heterocycles. The van der Waals surface area contributed by atoms with E-state index in [0.717, 1.165) is 28.5 Å². The lowest BCUT2D eigenvalue weighted by Crippen LogP contribution is -2.36. The minimum absolute atomic E-state index is 0.326. The molecule has 21 heavy (non-hydrogen) atoms. The molecule has 0 aliphatic heterocycles. The van der Waals surface area contributed by atoms with Crippen molar-refractivity contribution < 1.29 is 9.90 Å². The molecule has 0 spiro atoms. The van der Waals surface area contributed by atoms with Gasteiger partial charge in [0.1, 0.15) is 6.04 Å². The largest absolute Gasteiger partial charge is 0.480 e. The van der Waals surface area contributed by atoms with E-state index in [4.69, 9.17) is 0 Å². The highest BCUT2D eigenvalue weighted by molar-refractivity contribution is 7.17. The van der Waals surface area contributed by atoms with Gasteiger partial charge in [-0.3, -0.25) is 10.1 Å². The van der Waals surface area contributed by atoms with Crippen LogP contribution in [0.25, 0.3) is 10.1 Å². The average molecular weight is 303 g/mol. The number of nitrogens with one attached hydrogen (secondary N) is 1. The third-order valence-corrected chi connectivity index (χ3v) is 5.31. The van der Waals surface area contributed by atoms with Gasteiger partial charge in [0.15, 0.2) is 0 Å². The monoisotopic (exact) mass is 303 g/mol. The highest BCUT2D eigenvalue weighted by atomic mass is 32.1. The van der Waals surface area contributed by atoms with Gasteiger partial charge in [0.2, 0.25) is 0 Å². The predicted octanol–water partition coefficient (Wildman–Crippen LogP) is 4.34. The normalized spacial score (nSPS) is 18.5. The van der Waals surface area contributed by atoms with Crippen molar-refractivity contribution in [3.05, 3.63) is 35.2 Å². The fourth-order valence-electron chi connectivity index (χ4n) is 3.20. The Morgan fingerprint density at radius 1 is 1.19 bits per heavy atom. The van der Waals surface area contributed by atoms with E-state index < -0.39 is 12.0 Å². The molecule has 2 aromatic rings. The van der Waals surface area contributed by atoms with E-state index in [-0.39, 0.29) is 0 Å². The Morgan fingerprint density at radius 3 is 2.62 bits per heavy atom. The number of carboxylic acid groups (broad SMARTS) is 1. The Hall–Kier alpha value is -1.39. The summed E-state index contributed by atoms with van der Waals surface area (Å²) < 4.78 is 1.15. The van der Waals surface area contributed by atoms with Crippen LogP contribution in [0.5, 0.6) is 0 Å². The number of carboxylic acids is 1. The molecule has 1 aliphatic rings. The van der Waals surface area contributed by atoms with Crippen LogP contribution in [0, 0.1) is 0 Å². The molecule has 3 rings (SSSR count). The topological polar surface area (TPSA) is 49.3 Å². The minimum Gasteiger partial charge on any atom is -0.480 e. The predicted molar refractivity (Wildman–Crippen MR) is 86.8 cm³/mol. The van der Waals surface area contributed by atoms with Crippen molar-refractivity contribution in [2.75, 3.05) is 0 Å². The van der Waals surface area contributed by atoms with Gasteiger partial charge in [-0.25, -0.2) is 0 Å². The third kappa shape index (κ3) is 3.27. The van der Waals surface area contributed by atoms with E-state index in [1.165, 1.54) is 25.7 Å². The fourth-order valence-corrected chi connectivity index (χ4v) is 4.18. The van der Waals surface area contributed by atoms with Crippen LogP contribution in [0.1, 0.15) is 50.1 Å². The van der Waals surface area contributed by atoms with Gasteiger partial charge in [-0.15, -0.1) is 11.3 Å². The molecule has 1 heterocycles. The fraction of sp³-hybridized carbons (Fsp3) is 0.471. The molecule has 3 nitrogen and oxygen atoms in total. The first-order valence-corrected chi connectivity index (χ1v) is 8.58. The quantitative estimate of drug-likeness (QED) is 0.826. The van der Waals surface area contributed by atoms with Gasteiger partial charge in [0.25, 0.3) is 0 Å². The Morgan fingerprint density at radius 2 is 1.90 bits per heavy atom. The van der Waals surface area contributed by atoms with Crippen LogP contribution in [0.4, 0.5) is 0 Å². The first-order valence-electron chi connectivity index (χ1n) is 7.70. The van der Waals surface area contributed by atoms with Gasteiger partial charge in [-0.05, 0) is 35.2 Å². The molecule has 1 atom stereocenters. The molecule has 4 heteroatoms. The summed E-state index contributed by atoms with van der Waals surface area (Å²) in [6.45, 7) is 0. The maximum Gasteiger partial charge on any atom is 0.325 e. The summed E-state index contributed by atoms with van der Waals surface area (Å²) in [5, 5.41) is 16.1. The van der Waals surface area contributed by atoms with E-state index in [0.29, 0.717) is 6.04 Å². The zero-order valence-corrected chi connectivity index (χ0v) is 12.9. The molecule has 1 saturated carbocycles. The van der Waals surface area contributed by atoms with Gasteiger partial charge in [-0.1, -0.05) is 43.9 Å². The zero-order valence-electron chi connectivity index (χ0n) is 12.0. The number of aliphatic carboxylic acids is 1. The molecule has 1 unspecified atom stereocenters. The molecule has 1 aromatic carbocycles. The Kier molecular flexibility index (Phi) is 4.56. The van der Waals surface area contributed by atoms with Crippen molar-refractivity contribution in [2.24, 2.45) is 0 Å². The van der Waals surface area contributed by atoms with Gasteiger partial charge in [0, 0.05) is 10.7 Å². The summed E-state index contributed by atoms with van der Waals surface area (Å²) in [5.41, 5.74) is 0.910. The molecular weight excluding hydrogens is 282 g/mol. The van der Waals surface area contributed by atoms with Crippen molar-refractivity contribution in [1.82, 2.24) is 5.32 Å². The lowest BCUT2D eigenvalue weighted by Gasteiger charge is -2.22. The highest BCUT2D eigenvalue weighted by Crippen LogP contribution is 2.31. The van der Waals surface area contributed by atoms with Crippen LogP contribution >= 0.6 is 11.3 Å². The first-order chi connectivity index (χ1) is 10.3. The Bertz CT molecular complexity index is 614. The Labute approximate surface area is 129 Å². The molecular formula is C17H21NO2S. The average Bonchev–Trinajstić information content (AvgIpc) is 2.73. The smallest absolute Gasteiger partial charge is 0.325 e. The molecule has 0 radical (unpaired) electrons. The molecule has 0 amide bonds. The maximum atomic E-state index is 11.7. The second kappa shape index (κ2) is 6.58. The number of thiophene rings is 1. The maximum absolute atomic E-state index is 11.7. The van der Waals surface area contributed by atoms with E-state index in [1.807, 2.05) is 29.6 Å². The standard InChI is InChI=1S/C17H21NO2S/c19-17(20)16(18-12-7-3-1-2-4-8-12)14-11-21-15-10-6-5-9-13(14)15/h5-6,9-12,16,18H,1-4,7-8H2,(H,19,20). The molecule has 112 valence electrons. The number of hydrogen-bond donors (Lipinski definition) is 2. The second-order valence-corrected chi connectivity index (χ2v) is 6.72. The van der Waals surface area contributed by atoms with Crippen LogP contribution in [0.3, 0.4) is 0 Å². The number of rotatable bonds is 4. The lowest BCUT2D eigenvalue weighted by atomic mass is 10.0. The van der Waals surface area contributed by atoms with Crippen molar-refractivity contribution in [2.45, 2.75) is 50.6 Å². The number of carbonyl (C=O) groups is 1. The van der Waals surface area contributed by atoms with Crippen LogP contribution in [-0.2, 0) is 4.79 Å². The van der Waals surface area contributed by atoms with E-state index >= 15 is 0 Å². The van der Waals surface area contributed by atoms with E-state index in [1.54, 1.807) is 11.3 Å². The van der Waals surface area contributed by atoms with Crippen LogP contribution < -0.4 is 5.32 Å². The Balaban J connectivity index is 1.85. The third-order valence-electron chi connectivity index (χ3n) is 4.33. The van der Waals surface area contributed by atoms with Gasteiger partial charge in [-0.2, -0.15) is 0 Å². The van der Waals surface area contributed by atoms with Crippen LogP contribution in [-0.4, -0.2) is 17.1 Å². The second-order valence-electron chi connectivity index (χ2n) is 5.81. The van der Waals surface area contributed by atoms with Crippen molar-refractivity contribution >= 4 is 27.4 Å². The summed E-state index contributed by atoms with van der Waals surface area (Å²) in [6.07, 6.45) is 7.13. The molecule has 1 aromatic heterocycles. The molecule has 1 fully saturated rings. The van der Waals surface area contributed by atoms with Crippen molar-refractivity contribution in [3.63, 3.8) is 0 Å². The summed E-state index contributed by atoms with van der Waals surface area (Å²) in [7, 11) is 0. The molecule has 1 aliphatic carbocycles. The first kappa shape index (κ1) is 14.5. The van der Waals surface area contributed by atoms with Crippen molar-refractivity contribution in [1.29, 1.82) is 0 Å². The van der Waals surface area contributed by atoms with Gasteiger partial charge < -0.3 is 5.11 Å². The van der Waals surface area contributed by atoms with Gasteiger partial charge in [0.05, 0.1) is 0 Å². The lowest BCUT2D eigenvalue weighted by molar-refractivity contribution is -0.139. The SMILES string of the molecule is O=C(O)C(NC1CCCCCC1)c1csc2ccccc12. The molecule has 2 N–H and O–H groups in total. The van der Waals surface area contributed by atoms with Gasteiger partial charge >= 0.3 is 5.97 Å². The van der Waals surface area contributed by atoms with E-state index in [9.17, 15) is 9.90 Å². The number of fused-ring (bicyclic) bond motifs is 1. The summed E-state index contributed by atoms with van der Waals surface area (Å²) in [4.78, 5) is 11.7. The van der Waals surface area contributed by atoms with Crippen LogP contribution in [0.15, 0.2) is 29.6 Å². The summed E-state index contributed by atoms with van der Waals surface area (Å²) in [5.74, 6) is -0.775. The van der Waals surface area contributed by atoms with E-state index in [2.05, 4.69) is 5.32 Å². The number of benzene rings is 1. The highest BCUT2D eigenvalue weighted by Gasteiger charge is 2.26. The minimum atomic E-state index is -0.775. The zero-order chi connectivity index (χ0) is 14.7. The summed E-state index contributed by atoms with van der Waals surface area (Å²) in [6, 6.07) is 7.77. The van der Waals surface area contributed by atoms with Crippen LogP contribution in [0.2, 0.25) is 0 Å². The number of hydrogen-bond acceptors (Lipinski definition) is 3. The van der Waals surface area contributed by atoms with Crippen molar-refractivity contribution in [3.8, 4) is 0 Å².